The van der Waals surface area contributed by atoms with Crippen LogP contribution in [-0.4, -0.2) is 42.2 Å². The number of hydrogen-bond donors (Lipinski definition) is 1. The van der Waals surface area contributed by atoms with Crippen LogP contribution in [-0.2, 0) is 4.79 Å². The summed E-state index contributed by atoms with van der Waals surface area (Å²) in [5.74, 6) is 0.401. The zero-order chi connectivity index (χ0) is 19.8. The Morgan fingerprint density at radius 2 is 1.93 bits per heavy atom. The number of carbonyl (C=O) groups excluding carboxylic acids is 1. The fourth-order valence-electron chi connectivity index (χ4n) is 4.85. The van der Waals surface area contributed by atoms with E-state index in [2.05, 4.69) is 29.2 Å². The van der Waals surface area contributed by atoms with E-state index in [4.69, 9.17) is 5.26 Å². The lowest BCUT2D eigenvalue weighted by atomic mass is 9.81. The summed E-state index contributed by atoms with van der Waals surface area (Å²) in [6.07, 6.45) is 1.40. The van der Waals surface area contributed by atoms with Gasteiger partial charge in [-0.15, -0.1) is 0 Å². The Morgan fingerprint density at radius 1 is 1.21 bits per heavy atom. The number of carbonyl (C=O) groups is 1. The fraction of sp³-hybridized carbons (Fsp3) is 0.391. The van der Waals surface area contributed by atoms with Crippen molar-refractivity contribution < 1.29 is 9.90 Å². The van der Waals surface area contributed by atoms with Crippen LogP contribution < -0.4 is 4.90 Å². The first-order valence-electron chi connectivity index (χ1n) is 9.86. The van der Waals surface area contributed by atoms with Crippen LogP contribution in [0.25, 0.3) is 11.1 Å². The minimum absolute atomic E-state index is 0.00846. The molecule has 2 aliphatic rings. The molecule has 1 fully saturated rings. The zero-order valence-electron chi connectivity index (χ0n) is 16.3. The van der Waals surface area contributed by atoms with Gasteiger partial charge in [0.1, 0.15) is 0 Å². The van der Waals surface area contributed by atoms with E-state index in [0.717, 1.165) is 35.3 Å². The predicted molar refractivity (Wildman–Crippen MR) is 109 cm³/mol. The maximum Gasteiger partial charge on any atom is 0.222 e. The van der Waals surface area contributed by atoms with Crippen molar-refractivity contribution in [2.45, 2.75) is 31.8 Å². The van der Waals surface area contributed by atoms with Gasteiger partial charge in [0, 0.05) is 31.6 Å². The molecule has 2 aromatic carbocycles. The molecule has 0 aliphatic carbocycles. The first kappa shape index (κ1) is 18.5. The van der Waals surface area contributed by atoms with Gasteiger partial charge in [-0.05, 0) is 47.4 Å². The van der Waals surface area contributed by atoms with Gasteiger partial charge in [0.25, 0.3) is 0 Å². The molecular formula is C23H25N3O2. The SMILES string of the molecule is CCC(=O)N1CC[C@@H]2[C@H]1c1cc(-c3ccc(C#N)cc3)ccc1N(C)[C@H]2CO. The van der Waals surface area contributed by atoms with Crippen molar-refractivity contribution in [2.75, 3.05) is 25.1 Å². The van der Waals surface area contributed by atoms with E-state index in [-0.39, 0.29) is 30.5 Å². The van der Waals surface area contributed by atoms with Crippen LogP contribution >= 0.6 is 0 Å². The Labute approximate surface area is 165 Å². The maximum atomic E-state index is 12.6. The quantitative estimate of drug-likeness (QED) is 0.893. The standard InChI is InChI=1S/C23H25N3O2/c1-3-22(28)26-11-10-18-21(14-27)25(2)20-9-8-17(12-19(20)23(18)26)16-6-4-15(13-24)5-7-16/h4-9,12,18,21,23,27H,3,10-11,14H2,1-2H3/t18-,21-,23-/m0/s1. The van der Waals surface area contributed by atoms with Gasteiger partial charge in [-0.3, -0.25) is 4.79 Å². The highest BCUT2D eigenvalue weighted by Crippen LogP contribution is 2.49. The summed E-state index contributed by atoms with van der Waals surface area (Å²) < 4.78 is 0. The molecule has 3 atom stereocenters. The van der Waals surface area contributed by atoms with E-state index in [1.165, 1.54) is 0 Å². The van der Waals surface area contributed by atoms with E-state index in [9.17, 15) is 9.90 Å². The third-order valence-electron chi connectivity index (χ3n) is 6.32. The highest BCUT2D eigenvalue weighted by Gasteiger charge is 2.47. The number of anilines is 1. The maximum absolute atomic E-state index is 12.6. The summed E-state index contributed by atoms with van der Waals surface area (Å²) in [7, 11) is 2.03. The summed E-state index contributed by atoms with van der Waals surface area (Å²) in [5.41, 5.74) is 5.00. The van der Waals surface area contributed by atoms with Crippen molar-refractivity contribution in [1.29, 1.82) is 5.26 Å². The molecule has 0 aromatic heterocycles. The van der Waals surface area contributed by atoms with Crippen LogP contribution in [0.4, 0.5) is 5.69 Å². The molecule has 1 saturated heterocycles. The number of benzene rings is 2. The number of nitrogens with zero attached hydrogens (tertiary/aromatic N) is 3. The van der Waals surface area contributed by atoms with Crippen LogP contribution in [0, 0.1) is 17.2 Å². The van der Waals surface area contributed by atoms with Crippen LogP contribution in [0.3, 0.4) is 0 Å². The number of nitriles is 1. The average Bonchev–Trinajstić information content (AvgIpc) is 3.18. The number of hydrogen-bond acceptors (Lipinski definition) is 4. The molecule has 28 heavy (non-hydrogen) atoms. The Balaban J connectivity index is 1.81. The number of amides is 1. The first-order chi connectivity index (χ1) is 13.6. The molecule has 1 amide bonds. The third kappa shape index (κ3) is 2.85. The summed E-state index contributed by atoms with van der Waals surface area (Å²) in [4.78, 5) is 16.8. The van der Waals surface area contributed by atoms with Crippen LogP contribution in [0.5, 0.6) is 0 Å². The second-order valence-electron chi connectivity index (χ2n) is 7.66. The molecule has 144 valence electrons. The predicted octanol–water partition coefficient (Wildman–Crippen LogP) is 3.34. The molecule has 5 heteroatoms. The summed E-state index contributed by atoms with van der Waals surface area (Å²) in [6, 6.07) is 16.1. The van der Waals surface area contributed by atoms with E-state index in [0.29, 0.717) is 12.0 Å². The Hall–Kier alpha value is -2.84. The van der Waals surface area contributed by atoms with Gasteiger partial charge in [-0.1, -0.05) is 25.1 Å². The number of aliphatic hydroxyl groups is 1. The molecule has 0 bridgehead atoms. The van der Waals surface area contributed by atoms with Crippen LogP contribution in [0.15, 0.2) is 42.5 Å². The molecule has 4 rings (SSSR count). The van der Waals surface area contributed by atoms with Crippen molar-refractivity contribution in [2.24, 2.45) is 5.92 Å². The summed E-state index contributed by atoms with van der Waals surface area (Å²) in [6.45, 7) is 2.73. The summed E-state index contributed by atoms with van der Waals surface area (Å²) in [5, 5.41) is 19.1. The van der Waals surface area contributed by atoms with E-state index >= 15 is 0 Å². The van der Waals surface area contributed by atoms with Gasteiger partial charge in [-0.25, -0.2) is 0 Å². The molecule has 0 unspecified atom stereocenters. The minimum Gasteiger partial charge on any atom is -0.394 e. The van der Waals surface area contributed by atoms with Gasteiger partial charge in [0.05, 0.1) is 30.3 Å². The van der Waals surface area contributed by atoms with Gasteiger partial charge >= 0.3 is 0 Å². The number of likely N-dealkylation sites (tertiary alicyclic amines) is 1. The van der Waals surface area contributed by atoms with Gasteiger partial charge in [0.2, 0.25) is 5.91 Å². The third-order valence-corrected chi connectivity index (χ3v) is 6.32. The highest BCUT2D eigenvalue weighted by atomic mass is 16.3. The van der Waals surface area contributed by atoms with Crippen molar-refractivity contribution >= 4 is 11.6 Å². The fourth-order valence-corrected chi connectivity index (χ4v) is 4.85. The lowest BCUT2D eigenvalue weighted by molar-refractivity contribution is -0.132. The molecule has 1 N–H and O–H groups in total. The largest absolute Gasteiger partial charge is 0.394 e. The average molecular weight is 375 g/mol. The summed E-state index contributed by atoms with van der Waals surface area (Å²) >= 11 is 0. The number of aliphatic hydroxyl groups excluding tert-OH is 1. The van der Waals surface area contributed by atoms with Gasteiger partial charge in [-0.2, -0.15) is 5.26 Å². The van der Waals surface area contributed by atoms with Crippen molar-refractivity contribution in [3.63, 3.8) is 0 Å². The zero-order valence-corrected chi connectivity index (χ0v) is 16.3. The Bertz CT molecular complexity index is 932. The second kappa shape index (κ2) is 7.29. The number of rotatable bonds is 3. The normalized spacial score (nSPS) is 23.1. The number of fused-ring (bicyclic) bond motifs is 3. The van der Waals surface area contributed by atoms with Crippen molar-refractivity contribution in [3.05, 3.63) is 53.6 Å². The molecule has 2 heterocycles. The van der Waals surface area contributed by atoms with Crippen molar-refractivity contribution in [1.82, 2.24) is 4.90 Å². The first-order valence-corrected chi connectivity index (χ1v) is 9.86. The molecule has 2 aliphatic heterocycles. The molecule has 2 aromatic rings. The molecule has 0 spiro atoms. The number of likely N-dealkylation sites (N-methyl/N-ethyl adjacent to an activating group) is 1. The Kier molecular flexibility index (Phi) is 4.82. The molecule has 0 saturated carbocycles. The van der Waals surface area contributed by atoms with Crippen LogP contribution in [0.2, 0.25) is 0 Å². The molecule has 5 nitrogen and oxygen atoms in total. The van der Waals surface area contributed by atoms with E-state index in [1.54, 1.807) is 0 Å². The smallest absolute Gasteiger partial charge is 0.222 e. The van der Waals surface area contributed by atoms with Gasteiger partial charge in [0.15, 0.2) is 0 Å². The molecule has 0 radical (unpaired) electrons. The second-order valence-corrected chi connectivity index (χ2v) is 7.66. The van der Waals surface area contributed by atoms with Crippen LogP contribution in [0.1, 0.15) is 36.9 Å². The minimum atomic E-state index is 0.00846. The van der Waals surface area contributed by atoms with Gasteiger partial charge < -0.3 is 14.9 Å². The molecular weight excluding hydrogens is 350 g/mol. The highest BCUT2D eigenvalue weighted by molar-refractivity contribution is 5.78. The lowest BCUT2D eigenvalue weighted by Gasteiger charge is -2.44. The van der Waals surface area contributed by atoms with E-state index < -0.39 is 0 Å². The Morgan fingerprint density at radius 3 is 2.57 bits per heavy atom. The lowest BCUT2D eigenvalue weighted by Crippen LogP contribution is -2.48. The van der Waals surface area contributed by atoms with Crippen molar-refractivity contribution in [3.8, 4) is 17.2 Å². The topological polar surface area (TPSA) is 67.6 Å². The van der Waals surface area contributed by atoms with E-state index in [1.807, 2.05) is 43.1 Å². The monoisotopic (exact) mass is 375 g/mol.